The zero-order valence-corrected chi connectivity index (χ0v) is 16.7. The van der Waals surface area contributed by atoms with E-state index in [1.165, 1.54) is 0 Å². The number of aliphatic hydroxyl groups excluding tert-OH is 1. The number of benzene rings is 1. The lowest BCUT2D eigenvalue weighted by atomic mass is 9.84. The van der Waals surface area contributed by atoms with Crippen LogP contribution in [0.5, 0.6) is 5.75 Å². The lowest BCUT2D eigenvalue weighted by Crippen LogP contribution is -2.47. The smallest absolute Gasteiger partial charge is 0.229 e. The molecule has 0 bridgehead atoms. The molecular weight excluding hydrogens is 388 g/mol. The number of hydrogen-bond acceptors (Lipinski definition) is 7. The SMILES string of the molecule is COCCNC(=O)C[C@@H]1C[C@@H]2c3cc(NS(C)(=O)=O)ccc3O[C@@H]2[C@H](CO)O1. The van der Waals surface area contributed by atoms with Crippen molar-refractivity contribution in [2.24, 2.45) is 0 Å². The monoisotopic (exact) mass is 414 g/mol. The molecule has 0 aliphatic carbocycles. The van der Waals surface area contributed by atoms with E-state index in [4.69, 9.17) is 14.2 Å². The Kier molecular flexibility index (Phi) is 6.43. The lowest BCUT2D eigenvalue weighted by Gasteiger charge is -2.37. The van der Waals surface area contributed by atoms with E-state index < -0.39 is 16.1 Å². The Morgan fingerprint density at radius 3 is 2.86 bits per heavy atom. The van der Waals surface area contributed by atoms with E-state index in [9.17, 15) is 18.3 Å². The second kappa shape index (κ2) is 8.64. The molecule has 1 amide bonds. The molecular formula is C18H26N2O7S. The summed E-state index contributed by atoms with van der Waals surface area (Å²) in [5, 5.41) is 12.5. The van der Waals surface area contributed by atoms with E-state index in [2.05, 4.69) is 10.0 Å². The van der Waals surface area contributed by atoms with Crippen molar-refractivity contribution in [1.82, 2.24) is 5.32 Å². The average Bonchev–Trinajstić information content (AvgIpc) is 2.98. The number of methoxy groups -OCH3 is 1. The summed E-state index contributed by atoms with van der Waals surface area (Å²) in [6.07, 6.45) is 0.486. The van der Waals surface area contributed by atoms with Crippen LogP contribution in [0.3, 0.4) is 0 Å². The van der Waals surface area contributed by atoms with Gasteiger partial charge in [-0.05, 0) is 24.6 Å². The fourth-order valence-electron chi connectivity index (χ4n) is 3.74. The van der Waals surface area contributed by atoms with Gasteiger partial charge in [0.1, 0.15) is 18.0 Å². The van der Waals surface area contributed by atoms with Gasteiger partial charge in [-0.3, -0.25) is 9.52 Å². The number of hydrogen-bond donors (Lipinski definition) is 3. The molecule has 1 aromatic carbocycles. The average molecular weight is 414 g/mol. The number of carbonyl (C=O) groups excluding carboxylic acids is 1. The van der Waals surface area contributed by atoms with Crippen molar-refractivity contribution in [3.63, 3.8) is 0 Å². The Balaban J connectivity index is 1.74. The highest BCUT2D eigenvalue weighted by Gasteiger charge is 2.46. The van der Waals surface area contributed by atoms with Crippen LogP contribution in [0.25, 0.3) is 0 Å². The molecule has 3 rings (SSSR count). The van der Waals surface area contributed by atoms with Gasteiger partial charge in [0.15, 0.2) is 0 Å². The Bertz CT molecular complexity index is 814. The van der Waals surface area contributed by atoms with Crippen molar-refractivity contribution in [2.45, 2.75) is 37.1 Å². The predicted octanol–water partition coefficient (Wildman–Crippen LogP) is 0.205. The molecule has 1 fully saturated rings. The van der Waals surface area contributed by atoms with Crippen LogP contribution < -0.4 is 14.8 Å². The van der Waals surface area contributed by atoms with Gasteiger partial charge in [-0.25, -0.2) is 8.42 Å². The van der Waals surface area contributed by atoms with Gasteiger partial charge in [0.25, 0.3) is 0 Å². The predicted molar refractivity (Wildman–Crippen MR) is 102 cm³/mol. The molecule has 2 aliphatic heterocycles. The van der Waals surface area contributed by atoms with Crippen molar-refractivity contribution in [1.29, 1.82) is 0 Å². The number of amides is 1. The van der Waals surface area contributed by atoms with Crippen LogP contribution in [0.15, 0.2) is 18.2 Å². The molecule has 2 heterocycles. The molecule has 10 heteroatoms. The molecule has 28 heavy (non-hydrogen) atoms. The number of nitrogens with one attached hydrogen (secondary N) is 2. The van der Waals surface area contributed by atoms with E-state index in [1.807, 2.05) is 0 Å². The Labute approximate surface area is 164 Å². The van der Waals surface area contributed by atoms with Crippen LogP contribution in [-0.4, -0.2) is 70.9 Å². The number of ether oxygens (including phenoxy) is 3. The summed E-state index contributed by atoms with van der Waals surface area (Å²) < 4.78 is 42.2. The summed E-state index contributed by atoms with van der Waals surface area (Å²) in [7, 11) is -1.83. The highest BCUT2D eigenvalue weighted by molar-refractivity contribution is 7.92. The molecule has 1 saturated heterocycles. The third kappa shape index (κ3) is 4.93. The van der Waals surface area contributed by atoms with Crippen molar-refractivity contribution in [2.75, 3.05) is 37.8 Å². The van der Waals surface area contributed by atoms with Gasteiger partial charge in [-0.15, -0.1) is 0 Å². The van der Waals surface area contributed by atoms with E-state index in [1.54, 1.807) is 25.3 Å². The van der Waals surface area contributed by atoms with Gasteiger partial charge in [0, 0.05) is 30.8 Å². The fourth-order valence-corrected chi connectivity index (χ4v) is 4.29. The van der Waals surface area contributed by atoms with Crippen LogP contribution >= 0.6 is 0 Å². The molecule has 156 valence electrons. The maximum absolute atomic E-state index is 12.1. The lowest BCUT2D eigenvalue weighted by molar-refractivity contribution is -0.142. The maximum atomic E-state index is 12.1. The molecule has 0 spiro atoms. The minimum Gasteiger partial charge on any atom is -0.487 e. The van der Waals surface area contributed by atoms with E-state index >= 15 is 0 Å². The van der Waals surface area contributed by atoms with Crippen LogP contribution in [0, 0.1) is 0 Å². The van der Waals surface area contributed by atoms with Crippen LogP contribution in [-0.2, 0) is 24.3 Å². The Hall–Kier alpha value is -1.88. The van der Waals surface area contributed by atoms with Crippen molar-refractivity contribution in [3.05, 3.63) is 23.8 Å². The highest BCUT2D eigenvalue weighted by atomic mass is 32.2. The largest absolute Gasteiger partial charge is 0.487 e. The number of anilines is 1. The van der Waals surface area contributed by atoms with Crippen molar-refractivity contribution < 1.29 is 32.5 Å². The van der Waals surface area contributed by atoms with Gasteiger partial charge in [0.05, 0.1) is 32.0 Å². The summed E-state index contributed by atoms with van der Waals surface area (Å²) in [5.41, 5.74) is 1.30. The van der Waals surface area contributed by atoms with E-state index in [0.717, 1.165) is 11.8 Å². The first kappa shape index (κ1) is 20.8. The minimum absolute atomic E-state index is 0.0982. The van der Waals surface area contributed by atoms with Crippen LogP contribution in [0.1, 0.15) is 24.3 Å². The van der Waals surface area contributed by atoms with Gasteiger partial charge in [-0.2, -0.15) is 0 Å². The van der Waals surface area contributed by atoms with E-state index in [0.29, 0.717) is 31.0 Å². The standard InChI is InChI=1S/C18H26N2O7S/c1-25-6-5-19-17(22)9-12-8-14-13-7-11(20-28(2,23)24)3-4-15(13)27-18(14)16(10-21)26-12/h3-4,7,12,14,16,18,20-21H,5-6,8-10H2,1-2H3,(H,19,22)/t12-,14+,16-,18-/m0/s1. The first-order valence-electron chi connectivity index (χ1n) is 9.11. The second-order valence-corrected chi connectivity index (χ2v) is 8.83. The van der Waals surface area contributed by atoms with Gasteiger partial charge < -0.3 is 24.6 Å². The van der Waals surface area contributed by atoms with Gasteiger partial charge in [-0.1, -0.05) is 0 Å². The number of rotatable bonds is 8. The number of sulfonamides is 1. The molecule has 4 atom stereocenters. The second-order valence-electron chi connectivity index (χ2n) is 7.08. The molecule has 0 saturated carbocycles. The van der Waals surface area contributed by atoms with Gasteiger partial charge in [0.2, 0.25) is 15.9 Å². The summed E-state index contributed by atoms with van der Waals surface area (Å²) in [6.45, 7) is 0.619. The number of carbonyl (C=O) groups is 1. The highest BCUT2D eigenvalue weighted by Crippen LogP contribution is 2.47. The van der Waals surface area contributed by atoms with Crippen molar-refractivity contribution >= 4 is 21.6 Å². The maximum Gasteiger partial charge on any atom is 0.229 e. The normalized spacial score (nSPS) is 26.1. The third-order valence-corrected chi connectivity index (χ3v) is 5.45. The molecule has 0 unspecified atom stereocenters. The first-order valence-corrected chi connectivity index (χ1v) is 11.0. The topological polar surface area (TPSA) is 123 Å². The molecule has 2 aliphatic rings. The number of fused-ring (bicyclic) bond motifs is 3. The molecule has 0 aromatic heterocycles. The molecule has 0 radical (unpaired) electrons. The summed E-state index contributed by atoms with van der Waals surface area (Å²) >= 11 is 0. The fraction of sp³-hybridized carbons (Fsp3) is 0.611. The minimum atomic E-state index is -3.40. The summed E-state index contributed by atoms with van der Waals surface area (Å²) in [4.78, 5) is 12.1. The first-order chi connectivity index (χ1) is 13.3. The van der Waals surface area contributed by atoms with Crippen LogP contribution in [0.2, 0.25) is 0 Å². The summed E-state index contributed by atoms with van der Waals surface area (Å²) in [6, 6.07) is 5.09. The third-order valence-electron chi connectivity index (χ3n) is 4.84. The van der Waals surface area contributed by atoms with E-state index in [-0.39, 0.29) is 37.1 Å². The molecule has 3 N–H and O–H groups in total. The van der Waals surface area contributed by atoms with Crippen molar-refractivity contribution in [3.8, 4) is 5.75 Å². The zero-order chi connectivity index (χ0) is 20.3. The molecule has 9 nitrogen and oxygen atoms in total. The van der Waals surface area contributed by atoms with Gasteiger partial charge >= 0.3 is 0 Å². The summed E-state index contributed by atoms with van der Waals surface area (Å²) in [5.74, 6) is 0.393. The molecule has 1 aromatic rings. The van der Waals surface area contributed by atoms with Crippen LogP contribution in [0.4, 0.5) is 5.69 Å². The Morgan fingerprint density at radius 2 is 2.18 bits per heavy atom. The Morgan fingerprint density at radius 1 is 1.39 bits per heavy atom. The number of aliphatic hydroxyl groups is 1. The quantitative estimate of drug-likeness (QED) is 0.520. The zero-order valence-electron chi connectivity index (χ0n) is 15.9.